The molecule has 0 aliphatic rings. The second kappa shape index (κ2) is 3.27. The van der Waals surface area contributed by atoms with Crippen LogP contribution in [0.25, 0.3) is 0 Å². The van der Waals surface area contributed by atoms with Crippen LogP contribution in [0.5, 0.6) is 0 Å². The molecule has 10 heavy (non-hydrogen) atoms. The molecule has 0 bridgehead atoms. The zero-order valence-corrected chi connectivity index (χ0v) is 7.15. The summed E-state index contributed by atoms with van der Waals surface area (Å²) in [4.78, 5) is 0. The van der Waals surface area contributed by atoms with Gasteiger partial charge in [0.15, 0.2) is 0 Å². The maximum absolute atomic E-state index is 5.83. The van der Waals surface area contributed by atoms with Gasteiger partial charge in [-0.1, -0.05) is 29.8 Å². The summed E-state index contributed by atoms with van der Waals surface area (Å²) >= 11 is 11.7. The fourth-order valence-electron chi connectivity index (χ4n) is 0.798. The van der Waals surface area contributed by atoms with Gasteiger partial charge in [0.05, 0.1) is 5.38 Å². The Labute approximate surface area is 70.8 Å². The lowest BCUT2D eigenvalue weighted by atomic mass is 10.2. The van der Waals surface area contributed by atoms with Gasteiger partial charge in [0.1, 0.15) is 0 Å². The smallest absolute Gasteiger partial charge is 0.0571 e. The Kier molecular flexibility index (Phi) is 2.58. The van der Waals surface area contributed by atoms with E-state index in [4.69, 9.17) is 23.2 Å². The minimum absolute atomic E-state index is 0.00583. The highest BCUT2D eigenvalue weighted by Crippen LogP contribution is 2.26. The average molecular weight is 175 g/mol. The molecule has 0 saturated carbocycles. The molecule has 1 rings (SSSR count). The van der Waals surface area contributed by atoms with Gasteiger partial charge in [0, 0.05) is 5.02 Å². The average Bonchev–Trinajstić information content (AvgIpc) is 1.88. The topological polar surface area (TPSA) is 0 Å². The van der Waals surface area contributed by atoms with E-state index < -0.39 is 0 Å². The Morgan fingerprint density at radius 3 is 2.30 bits per heavy atom. The molecule has 0 nitrogen and oxygen atoms in total. The van der Waals surface area contributed by atoms with Crippen LogP contribution in [0, 0.1) is 0 Å². The van der Waals surface area contributed by atoms with Gasteiger partial charge in [0.2, 0.25) is 0 Å². The monoisotopic (exact) mass is 174 g/mol. The number of rotatable bonds is 1. The largest absolute Gasteiger partial charge is 0.118 e. The molecule has 0 N–H and O–H groups in total. The van der Waals surface area contributed by atoms with Crippen molar-refractivity contribution in [2.45, 2.75) is 12.3 Å². The molecule has 2 heteroatoms. The van der Waals surface area contributed by atoms with E-state index in [1.54, 1.807) is 0 Å². The van der Waals surface area contributed by atoms with Gasteiger partial charge in [0.25, 0.3) is 0 Å². The molecule has 0 aliphatic carbocycles. The van der Waals surface area contributed by atoms with Crippen LogP contribution in [0.1, 0.15) is 17.9 Å². The molecule has 0 aliphatic heterocycles. The van der Waals surface area contributed by atoms with Crippen molar-refractivity contribution in [1.29, 1.82) is 0 Å². The van der Waals surface area contributed by atoms with Crippen LogP contribution in [0.4, 0.5) is 0 Å². The Bertz CT molecular complexity index is 218. The zero-order chi connectivity index (χ0) is 7.56. The van der Waals surface area contributed by atoms with Crippen molar-refractivity contribution in [2.75, 3.05) is 0 Å². The van der Waals surface area contributed by atoms with Gasteiger partial charge in [-0.3, -0.25) is 0 Å². The van der Waals surface area contributed by atoms with Gasteiger partial charge >= 0.3 is 0 Å². The summed E-state index contributed by atoms with van der Waals surface area (Å²) in [5.74, 6) is 0. The van der Waals surface area contributed by atoms with Gasteiger partial charge < -0.3 is 0 Å². The summed E-state index contributed by atoms with van der Waals surface area (Å²) in [6.45, 7) is 1.91. The Balaban J connectivity index is 3.03. The molecule has 1 atom stereocenters. The highest BCUT2D eigenvalue weighted by atomic mass is 35.5. The third-order valence-electron chi connectivity index (χ3n) is 1.33. The van der Waals surface area contributed by atoms with Gasteiger partial charge in [-0.2, -0.15) is 0 Å². The SMILES string of the molecule is C[C@H](Cl)c1ccccc1Cl. The van der Waals surface area contributed by atoms with Crippen molar-refractivity contribution in [3.8, 4) is 0 Å². The third kappa shape index (κ3) is 1.65. The second-order valence-corrected chi connectivity index (χ2v) is 3.20. The first-order chi connectivity index (χ1) is 4.72. The Hall–Kier alpha value is -0.200. The lowest BCUT2D eigenvalue weighted by Crippen LogP contribution is -1.83. The Morgan fingerprint density at radius 1 is 1.30 bits per heavy atom. The summed E-state index contributed by atoms with van der Waals surface area (Å²) in [6, 6.07) is 7.60. The van der Waals surface area contributed by atoms with E-state index in [0.29, 0.717) is 0 Å². The highest BCUT2D eigenvalue weighted by molar-refractivity contribution is 6.32. The van der Waals surface area contributed by atoms with Crippen LogP contribution in [-0.2, 0) is 0 Å². The molecule has 1 aromatic carbocycles. The molecule has 0 heterocycles. The normalized spacial score (nSPS) is 13.1. The predicted molar refractivity (Wildman–Crippen MR) is 45.7 cm³/mol. The van der Waals surface area contributed by atoms with Gasteiger partial charge in [-0.15, -0.1) is 11.6 Å². The van der Waals surface area contributed by atoms with Crippen LogP contribution in [0.3, 0.4) is 0 Å². The molecule has 0 unspecified atom stereocenters. The van der Waals surface area contributed by atoms with Crippen molar-refractivity contribution in [3.63, 3.8) is 0 Å². The zero-order valence-electron chi connectivity index (χ0n) is 5.64. The van der Waals surface area contributed by atoms with E-state index in [9.17, 15) is 0 Å². The van der Waals surface area contributed by atoms with Crippen molar-refractivity contribution in [2.24, 2.45) is 0 Å². The number of benzene rings is 1. The van der Waals surface area contributed by atoms with E-state index in [1.165, 1.54) is 0 Å². The predicted octanol–water partition coefficient (Wildman–Crippen LogP) is 3.64. The molecule has 0 fully saturated rings. The van der Waals surface area contributed by atoms with E-state index in [2.05, 4.69) is 0 Å². The second-order valence-electron chi connectivity index (χ2n) is 2.14. The van der Waals surface area contributed by atoms with Crippen molar-refractivity contribution in [3.05, 3.63) is 34.9 Å². The molecule has 0 spiro atoms. The fourth-order valence-corrected chi connectivity index (χ4v) is 1.34. The van der Waals surface area contributed by atoms with E-state index in [-0.39, 0.29) is 5.38 Å². The van der Waals surface area contributed by atoms with E-state index in [1.807, 2.05) is 31.2 Å². The number of hydrogen-bond donors (Lipinski definition) is 0. The summed E-state index contributed by atoms with van der Waals surface area (Å²) in [5.41, 5.74) is 0.992. The molecule has 1 aromatic rings. The maximum Gasteiger partial charge on any atom is 0.0571 e. The number of hydrogen-bond acceptors (Lipinski definition) is 0. The number of halogens is 2. The first-order valence-electron chi connectivity index (χ1n) is 3.10. The number of alkyl halides is 1. The van der Waals surface area contributed by atoms with Crippen LogP contribution in [0.15, 0.2) is 24.3 Å². The molecule has 54 valence electrons. The van der Waals surface area contributed by atoms with Gasteiger partial charge in [-0.05, 0) is 18.6 Å². The van der Waals surface area contributed by atoms with Crippen LogP contribution in [0.2, 0.25) is 5.02 Å². The Morgan fingerprint density at radius 2 is 1.90 bits per heavy atom. The molecular formula is C8H8Cl2. The third-order valence-corrected chi connectivity index (χ3v) is 1.91. The van der Waals surface area contributed by atoms with Crippen LogP contribution >= 0.6 is 23.2 Å². The quantitative estimate of drug-likeness (QED) is 0.571. The van der Waals surface area contributed by atoms with Crippen LogP contribution < -0.4 is 0 Å². The van der Waals surface area contributed by atoms with Crippen molar-refractivity contribution in [1.82, 2.24) is 0 Å². The van der Waals surface area contributed by atoms with Gasteiger partial charge in [-0.25, -0.2) is 0 Å². The van der Waals surface area contributed by atoms with E-state index in [0.717, 1.165) is 10.6 Å². The summed E-state index contributed by atoms with van der Waals surface area (Å²) < 4.78 is 0. The van der Waals surface area contributed by atoms with Crippen molar-refractivity contribution >= 4 is 23.2 Å². The van der Waals surface area contributed by atoms with Crippen molar-refractivity contribution < 1.29 is 0 Å². The van der Waals surface area contributed by atoms with Crippen LogP contribution in [-0.4, -0.2) is 0 Å². The standard InChI is InChI=1S/C8H8Cl2/c1-6(9)7-4-2-3-5-8(7)10/h2-6H,1H3/t6-/m0/s1. The van der Waals surface area contributed by atoms with E-state index >= 15 is 0 Å². The maximum atomic E-state index is 5.83. The first kappa shape index (κ1) is 7.90. The lowest BCUT2D eigenvalue weighted by Gasteiger charge is -2.03. The molecule has 0 radical (unpaired) electrons. The molecule has 0 amide bonds. The summed E-state index contributed by atoms with van der Waals surface area (Å²) in [5, 5.41) is 0.735. The first-order valence-corrected chi connectivity index (χ1v) is 3.91. The lowest BCUT2D eigenvalue weighted by molar-refractivity contribution is 1.08. The summed E-state index contributed by atoms with van der Waals surface area (Å²) in [7, 11) is 0. The fraction of sp³-hybridized carbons (Fsp3) is 0.250. The minimum atomic E-state index is -0.00583. The minimum Gasteiger partial charge on any atom is -0.118 e. The molecular weight excluding hydrogens is 167 g/mol. The molecule has 0 aromatic heterocycles. The molecule has 0 saturated heterocycles. The summed E-state index contributed by atoms with van der Waals surface area (Å²) in [6.07, 6.45) is 0. The highest BCUT2D eigenvalue weighted by Gasteiger charge is 2.03.